The normalized spacial score (nSPS) is 11.4. The summed E-state index contributed by atoms with van der Waals surface area (Å²) < 4.78 is 14.4. The van der Waals surface area contributed by atoms with Gasteiger partial charge in [0.2, 0.25) is 5.76 Å². The number of ether oxygens (including phenoxy) is 1. The van der Waals surface area contributed by atoms with Gasteiger partial charge in [-0.1, -0.05) is 23.4 Å². The highest BCUT2D eigenvalue weighted by Crippen LogP contribution is 2.33. The van der Waals surface area contributed by atoms with Crippen LogP contribution in [0.25, 0.3) is 33.4 Å². The lowest BCUT2D eigenvalue weighted by Gasteiger charge is -2.03. The predicted octanol–water partition coefficient (Wildman–Crippen LogP) is 4.36. The van der Waals surface area contributed by atoms with E-state index in [9.17, 15) is 4.79 Å². The Morgan fingerprint density at radius 3 is 2.85 bits per heavy atom. The Hall–Kier alpha value is -3.76. The Bertz CT molecular complexity index is 1440. The zero-order chi connectivity index (χ0) is 22.9. The Balaban J connectivity index is 1.37. The highest BCUT2D eigenvalue weighted by Gasteiger charge is 2.19. The summed E-state index contributed by atoms with van der Waals surface area (Å²) in [6, 6.07) is 9.78. The number of nitrogens with one attached hydrogen (secondary N) is 1. The second kappa shape index (κ2) is 8.64. The van der Waals surface area contributed by atoms with Gasteiger partial charge in [0.15, 0.2) is 5.13 Å². The number of thiazole rings is 1. The van der Waals surface area contributed by atoms with Crippen LogP contribution in [0.15, 0.2) is 52.6 Å². The lowest BCUT2D eigenvalue weighted by Crippen LogP contribution is -2.10. The van der Waals surface area contributed by atoms with E-state index in [1.165, 1.54) is 11.3 Å². The summed E-state index contributed by atoms with van der Waals surface area (Å²) in [5.41, 5.74) is 5.12. The standard InChI is InChI=1S/C23H22N6O3S/c1-14-16(11-28(2)26-14)18-10-21(32-27-18)22(30)25-23-24-19(13-33-23)17-12-29(8-9-31-3)20-7-5-4-6-15(17)20/h4-7,10-13H,8-9H2,1-3H3,(H,24,25,30). The van der Waals surface area contributed by atoms with Crippen molar-refractivity contribution in [1.82, 2.24) is 24.5 Å². The first kappa shape index (κ1) is 21.1. The zero-order valence-electron chi connectivity index (χ0n) is 18.4. The van der Waals surface area contributed by atoms with Gasteiger partial charge in [-0.2, -0.15) is 5.10 Å². The van der Waals surface area contributed by atoms with Gasteiger partial charge in [0.05, 0.1) is 18.0 Å². The molecule has 9 nitrogen and oxygen atoms in total. The number of nitrogens with zero attached hydrogens (tertiary/aromatic N) is 5. The van der Waals surface area contributed by atoms with Gasteiger partial charge in [-0.3, -0.25) is 14.8 Å². The molecule has 10 heteroatoms. The molecular formula is C23H22N6O3S. The van der Waals surface area contributed by atoms with Crippen LogP contribution in [0.1, 0.15) is 16.2 Å². The molecule has 0 saturated heterocycles. The molecule has 1 N–H and O–H groups in total. The van der Waals surface area contributed by atoms with Crippen LogP contribution in [0.2, 0.25) is 0 Å². The van der Waals surface area contributed by atoms with E-state index < -0.39 is 5.91 Å². The highest BCUT2D eigenvalue weighted by molar-refractivity contribution is 7.14. The summed E-state index contributed by atoms with van der Waals surface area (Å²) in [7, 11) is 3.52. The lowest BCUT2D eigenvalue weighted by molar-refractivity contribution is 0.0988. The molecule has 0 unspecified atom stereocenters. The van der Waals surface area contributed by atoms with E-state index in [4.69, 9.17) is 9.26 Å². The number of fused-ring (bicyclic) bond motifs is 1. The predicted molar refractivity (Wildman–Crippen MR) is 126 cm³/mol. The minimum absolute atomic E-state index is 0.112. The summed E-state index contributed by atoms with van der Waals surface area (Å²) in [4.78, 5) is 17.4. The van der Waals surface area contributed by atoms with Crippen LogP contribution in [0.5, 0.6) is 0 Å². The number of anilines is 1. The van der Waals surface area contributed by atoms with Crippen LogP contribution in [-0.4, -0.2) is 44.1 Å². The van der Waals surface area contributed by atoms with Crippen LogP contribution in [0.4, 0.5) is 5.13 Å². The second-order valence-electron chi connectivity index (χ2n) is 7.62. The molecule has 5 aromatic rings. The van der Waals surface area contributed by atoms with Crippen LogP contribution in [0, 0.1) is 6.92 Å². The van der Waals surface area contributed by atoms with Gasteiger partial charge >= 0.3 is 0 Å². The molecule has 5 rings (SSSR count). The number of aryl methyl sites for hydroxylation is 2. The molecule has 0 spiro atoms. The molecule has 0 aliphatic rings. The highest BCUT2D eigenvalue weighted by atomic mass is 32.1. The molecule has 0 aliphatic heterocycles. The van der Waals surface area contributed by atoms with E-state index in [-0.39, 0.29) is 5.76 Å². The number of methoxy groups -OCH3 is 1. The quantitative estimate of drug-likeness (QED) is 0.386. The molecule has 1 aromatic carbocycles. The molecule has 0 radical (unpaired) electrons. The van der Waals surface area contributed by atoms with Crippen molar-refractivity contribution in [3.8, 4) is 22.5 Å². The number of carbonyl (C=O) groups is 1. The lowest BCUT2D eigenvalue weighted by atomic mass is 10.1. The van der Waals surface area contributed by atoms with Crippen molar-refractivity contribution >= 4 is 33.3 Å². The van der Waals surface area contributed by atoms with E-state index in [2.05, 4.69) is 43.5 Å². The minimum atomic E-state index is -0.404. The molecule has 33 heavy (non-hydrogen) atoms. The Morgan fingerprint density at radius 2 is 2.06 bits per heavy atom. The van der Waals surface area contributed by atoms with Crippen molar-refractivity contribution in [1.29, 1.82) is 0 Å². The molecule has 0 aliphatic carbocycles. The van der Waals surface area contributed by atoms with Gasteiger partial charge in [0, 0.05) is 66.6 Å². The molecule has 0 fully saturated rings. The first-order chi connectivity index (χ1) is 16.0. The van der Waals surface area contributed by atoms with Crippen molar-refractivity contribution in [3.63, 3.8) is 0 Å². The van der Waals surface area contributed by atoms with Crippen LogP contribution >= 0.6 is 11.3 Å². The van der Waals surface area contributed by atoms with Crippen LogP contribution in [-0.2, 0) is 18.3 Å². The molecular weight excluding hydrogens is 440 g/mol. The minimum Gasteiger partial charge on any atom is -0.383 e. The fourth-order valence-electron chi connectivity index (χ4n) is 3.80. The number of aromatic nitrogens is 5. The van der Waals surface area contributed by atoms with E-state index in [0.717, 1.165) is 40.0 Å². The van der Waals surface area contributed by atoms with Crippen molar-refractivity contribution < 1.29 is 14.1 Å². The Morgan fingerprint density at radius 1 is 1.21 bits per heavy atom. The van der Waals surface area contributed by atoms with Crippen molar-refractivity contribution in [2.24, 2.45) is 7.05 Å². The van der Waals surface area contributed by atoms with Gasteiger partial charge in [-0.25, -0.2) is 4.98 Å². The summed E-state index contributed by atoms with van der Waals surface area (Å²) in [5.74, 6) is -0.292. The summed E-state index contributed by atoms with van der Waals surface area (Å²) in [5, 5.41) is 14.6. The molecule has 168 valence electrons. The van der Waals surface area contributed by atoms with Gasteiger partial charge in [-0.15, -0.1) is 11.3 Å². The third-order valence-electron chi connectivity index (χ3n) is 5.35. The maximum atomic E-state index is 12.7. The van der Waals surface area contributed by atoms with Crippen molar-refractivity contribution in [3.05, 3.63) is 59.6 Å². The van der Waals surface area contributed by atoms with E-state index >= 15 is 0 Å². The average Bonchev–Trinajstić information content (AvgIpc) is 3.58. The molecule has 0 atom stereocenters. The molecule has 4 aromatic heterocycles. The van der Waals surface area contributed by atoms with E-state index in [1.54, 1.807) is 17.9 Å². The van der Waals surface area contributed by atoms with Gasteiger partial charge < -0.3 is 13.8 Å². The largest absolute Gasteiger partial charge is 0.383 e. The SMILES string of the molecule is COCCn1cc(-c2csc(NC(=O)c3cc(-c4cn(C)nc4C)no3)n2)c2ccccc21. The molecule has 1 amide bonds. The van der Waals surface area contributed by atoms with Crippen LogP contribution < -0.4 is 5.32 Å². The molecule has 0 saturated carbocycles. The number of hydrogen-bond donors (Lipinski definition) is 1. The van der Waals surface area contributed by atoms with E-state index in [0.29, 0.717) is 17.4 Å². The van der Waals surface area contributed by atoms with E-state index in [1.807, 2.05) is 37.7 Å². The average molecular weight is 463 g/mol. The summed E-state index contributed by atoms with van der Waals surface area (Å²) in [6.07, 6.45) is 3.91. The maximum absolute atomic E-state index is 12.7. The van der Waals surface area contributed by atoms with Gasteiger partial charge in [-0.05, 0) is 13.0 Å². The summed E-state index contributed by atoms with van der Waals surface area (Å²) in [6.45, 7) is 3.25. The smallest absolute Gasteiger partial charge is 0.296 e. The number of carbonyl (C=O) groups excluding carboxylic acids is 1. The van der Waals surface area contributed by atoms with Crippen molar-refractivity contribution in [2.45, 2.75) is 13.5 Å². The maximum Gasteiger partial charge on any atom is 0.296 e. The van der Waals surface area contributed by atoms with Crippen molar-refractivity contribution in [2.75, 3.05) is 19.0 Å². The Labute approximate surface area is 193 Å². The summed E-state index contributed by atoms with van der Waals surface area (Å²) >= 11 is 1.36. The van der Waals surface area contributed by atoms with Gasteiger partial charge in [0.1, 0.15) is 5.69 Å². The third-order valence-corrected chi connectivity index (χ3v) is 6.11. The number of rotatable bonds is 7. The first-order valence-corrected chi connectivity index (χ1v) is 11.2. The Kier molecular flexibility index (Phi) is 5.53. The van der Waals surface area contributed by atoms with Crippen LogP contribution in [0.3, 0.4) is 0 Å². The topological polar surface area (TPSA) is 100 Å². The second-order valence-corrected chi connectivity index (χ2v) is 8.47. The molecule has 4 heterocycles. The molecule has 0 bridgehead atoms. The number of amides is 1. The fourth-order valence-corrected chi connectivity index (χ4v) is 4.50. The fraction of sp³-hybridized carbons (Fsp3) is 0.217. The number of benzene rings is 1. The third kappa shape index (κ3) is 4.06. The first-order valence-electron chi connectivity index (χ1n) is 10.3. The number of para-hydroxylation sites is 1. The zero-order valence-corrected chi connectivity index (χ0v) is 19.2. The number of hydrogen-bond acceptors (Lipinski definition) is 7. The monoisotopic (exact) mass is 462 g/mol. The van der Waals surface area contributed by atoms with Gasteiger partial charge in [0.25, 0.3) is 5.91 Å².